The quantitative estimate of drug-likeness (QED) is 0.470. The summed E-state index contributed by atoms with van der Waals surface area (Å²) in [4.78, 5) is 11.9. The number of anilines is 1. The van der Waals surface area contributed by atoms with Crippen molar-refractivity contribution in [1.82, 2.24) is 9.97 Å². The van der Waals surface area contributed by atoms with Crippen molar-refractivity contribution in [3.05, 3.63) is 102 Å². The van der Waals surface area contributed by atoms with Crippen molar-refractivity contribution in [3.8, 4) is 22.5 Å². The third-order valence-corrected chi connectivity index (χ3v) is 4.75. The lowest BCUT2D eigenvalue weighted by atomic mass is 10.0. The van der Waals surface area contributed by atoms with Crippen LogP contribution in [0.25, 0.3) is 22.5 Å². The maximum atomic E-state index is 5.00. The highest BCUT2D eigenvalue weighted by Gasteiger charge is 2.12. The Labute approximate surface area is 166 Å². The van der Waals surface area contributed by atoms with Gasteiger partial charge in [-0.15, -0.1) is 0 Å². The molecular weight excluding hydrogens is 342 g/mol. The first-order chi connectivity index (χ1) is 13.7. The lowest BCUT2D eigenvalue weighted by Gasteiger charge is -2.13. The molecule has 0 radical (unpaired) electrons. The van der Waals surface area contributed by atoms with Crippen LogP contribution < -0.4 is 4.90 Å². The monoisotopic (exact) mass is 365 g/mol. The van der Waals surface area contributed by atoms with E-state index >= 15 is 0 Å². The molecule has 3 nitrogen and oxygen atoms in total. The zero-order chi connectivity index (χ0) is 19.3. The summed E-state index contributed by atoms with van der Waals surface area (Å²) in [6.07, 6.45) is 2.66. The third kappa shape index (κ3) is 3.94. The van der Waals surface area contributed by atoms with E-state index < -0.39 is 0 Å². The largest absolute Gasteiger partial charge is 0.378 e. The van der Waals surface area contributed by atoms with E-state index in [1.165, 1.54) is 11.3 Å². The van der Waals surface area contributed by atoms with Crippen LogP contribution in [0.5, 0.6) is 0 Å². The van der Waals surface area contributed by atoms with Crippen LogP contribution in [-0.2, 0) is 6.42 Å². The molecule has 3 aromatic carbocycles. The first-order valence-corrected chi connectivity index (χ1v) is 9.44. The minimum Gasteiger partial charge on any atom is -0.378 e. The molecule has 0 saturated carbocycles. The van der Waals surface area contributed by atoms with E-state index in [-0.39, 0.29) is 0 Å². The van der Waals surface area contributed by atoms with Crippen LogP contribution >= 0.6 is 0 Å². The van der Waals surface area contributed by atoms with Gasteiger partial charge in [0.1, 0.15) is 0 Å². The molecule has 0 aliphatic carbocycles. The van der Waals surface area contributed by atoms with Gasteiger partial charge in [-0.25, -0.2) is 4.98 Å². The number of benzene rings is 3. The van der Waals surface area contributed by atoms with Gasteiger partial charge in [0.2, 0.25) is 0 Å². The van der Waals surface area contributed by atoms with E-state index in [1.54, 1.807) is 0 Å². The number of rotatable bonds is 5. The minimum atomic E-state index is 0.760. The van der Waals surface area contributed by atoms with Crippen molar-refractivity contribution >= 4 is 5.69 Å². The van der Waals surface area contributed by atoms with Gasteiger partial charge in [-0.3, -0.25) is 4.98 Å². The Kier molecular flexibility index (Phi) is 5.16. The first-order valence-electron chi connectivity index (χ1n) is 9.44. The molecule has 4 aromatic rings. The highest BCUT2D eigenvalue weighted by molar-refractivity contribution is 5.77. The molecule has 0 fully saturated rings. The Morgan fingerprint density at radius 3 is 1.82 bits per heavy atom. The Hall–Kier alpha value is -3.46. The Bertz CT molecular complexity index is 1040. The van der Waals surface area contributed by atoms with Crippen LogP contribution in [0.1, 0.15) is 11.3 Å². The predicted molar refractivity (Wildman–Crippen MR) is 116 cm³/mol. The summed E-state index contributed by atoms with van der Waals surface area (Å²) in [5, 5.41) is 0. The third-order valence-electron chi connectivity index (χ3n) is 4.75. The smallest absolute Gasteiger partial charge is 0.0968 e. The molecule has 138 valence electrons. The summed E-state index contributed by atoms with van der Waals surface area (Å²) in [6, 6.07) is 29.1. The van der Waals surface area contributed by atoms with Gasteiger partial charge in [-0.1, -0.05) is 72.8 Å². The average molecular weight is 365 g/mol. The summed E-state index contributed by atoms with van der Waals surface area (Å²) in [5.74, 6) is 0. The Morgan fingerprint density at radius 2 is 1.25 bits per heavy atom. The minimum absolute atomic E-state index is 0.760. The molecule has 0 aliphatic rings. The van der Waals surface area contributed by atoms with Gasteiger partial charge >= 0.3 is 0 Å². The van der Waals surface area contributed by atoms with Crippen molar-refractivity contribution in [2.45, 2.75) is 6.42 Å². The van der Waals surface area contributed by atoms with Crippen LogP contribution in [0.15, 0.2) is 91.1 Å². The summed E-state index contributed by atoms with van der Waals surface area (Å²) in [5.41, 5.74) is 7.39. The van der Waals surface area contributed by atoms with E-state index in [4.69, 9.17) is 9.97 Å². The van der Waals surface area contributed by atoms with Gasteiger partial charge < -0.3 is 4.90 Å². The molecule has 0 amide bonds. The van der Waals surface area contributed by atoms with Crippen molar-refractivity contribution in [3.63, 3.8) is 0 Å². The number of aromatic nitrogens is 2. The van der Waals surface area contributed by atoms with E-state index in [0.29, 0.717) is 0 Å². The zero-order valence-corrected chi connectivity index (χ0v) is 16.2. The Morgan fingerprint density at radius 1 is 0.679 bits per heavy atom. The average Bonchev–Trinajstić information content (AvgIpc) is 2.75. The molecule has 0 aliphatic heterocycles. The second kappa shape index (κ2) is 8.05. The van der Waals surface area contributed by atoms with E-state index in [0.717, 1.165) is 34.6 Å². The fourth-order valence-electron chi connectivity index (χ4n) is 3.24. The standard InChI is InChI=1S/C25H23N3/c1-28(2)23-15-13-19(14-16-23)17-22-18-26-24(20-9-5-3-6-10-20)25(27-22)21-11-7-4-8-12-21/h3-16,18H,17H2,1-2H3. The van der Waals surface area contributed by atoms with Crippen LogP contribution in [0.3, 0.4) is 0 Å². The molecular formula is C25H23N3. The molecule has 4 rings (SSSR count). The lowest BCUT2D eigenvalue weighted by molar-refractivity contribution is 1.04. The van der Waals surface area contributed by atoms with Crippen molar-refractivity contribution in [2.75, 3.05) is 19.0 Å². The van der Waals surface area contributed by atoms with Gasteiger partial charge in [-0.2, -0.15) is 0 Å². The Balaban J connectivity index is 1.72. The van der Waals surface area contributed by atoms with Gasteiger partial charge in [0.05, 0.1) is 17.1 Å². The molecule has 0 N–H and O–H groups in total. The van der Waals surface area contributed by atoms with Crippen LogP contribution in [-0.4, -0.2) is 24.1 Å². The fourth-order valence-corrected chi connectivity index (χ4v) is 3.24. The van der Waals surface area contributed by atoms with Crippen molar-refractivity contribution < 1.29 is 0 Å². The van der Waals surface area contributed by atoms with Crippen molar-refractivity contribution in [1.29, 1.82) is 0 Å². The lowest BCUT2D eigenvalue weighted by Crippen LogP contribution is -2.08. The van der Waals surface area contributed by atoms with Crippen molar-refractivity contribution in [2.24, 2.45) is 0 Å². The molecule has 28 heavy (non-hydrogen) atoms. The fraction of sp³-hybridized carbons (Fsp3) is 0.120. The number of hydrogen-bond acceptors (Lipinski definition) is 3. The topological polar surface area (TPSA) is 29.0 Å². The number of nitrogens with zero attached hydrogens (tertiary/aromatic N) is 3. The summed E-state index contributed by atoms with van der Waals surface area (Å²) in [6.45, 7) is 0. The highest BCUT2D eigenvalue weighted by atomic mass is 15.1. The molecule has 0 saturated heterocycles. The molecule has 0 bridgehead atoms. The zero-order valence-electron chi connectivity index (χ0n) is 16.2. The second-order valence-corrected chi connectivity index (χ2v) is 7.03. The second-order valence-electron chi connectivity index (χ2n) is 7.03. The van der Waals surface area contributed by atoms with E-state index in [1.807, 2.05) is 42.6 Å². The van der Waals surface area contributed by atoms with Gasteiger partial charge in [-0.05, 0) is 17.7 Å². The summed E-state index contributed by atoms with van der Waals surface area (Å²) < 4.78 is 0. The van der Waals surface area contributed by atoms with E-state index in [9.17, 15) is 0 Å². The van der Waals surface area contributed by atoms with Crippen LogP contribution in [0.4, 0.5) is 5.69 Å². The molecule has 3 heteroatoms. The summed E-state index contributed by atoms with van der Waals surface area (Å²) >= 11 is 0. The molecule has 0 atom stereocenters. The molecule has 0 spiro atoms. The van der Waals surface area contributed by atoms with E-state index in [2.05, 4.69) is 67.5 Å². The molecule has 0 unspecified atom stereocenters. The van der Waals surface area contributed by atoms with Gasteiger partial charge in [0.25, 0.3) is 0 Å². The maximum absolute atomic E-state index is 5.00. The first kappa shape index (κ1) is 17.9. The SMILES string of the molecule is CN(C)c1ccc(Cc2cnc(-c3ccccc3)c(-c3ccccc3)n2)cc1. The number of hydrogen-bond donors (Lipinski definition) is 0. The molecule has 1 heterocycles. The predicted octanol–water partition coefficient (Wildman–Crippen LogP) is 5.47. The van der Waals surface area contributed by atoms with Gasteiger partial charge in [0.15, 0.2) is 0 Å². The van der Waals surface area contributed by atoms with Gasteiger partial charge in [0, 0.05) is 43.5 Å². The molecule has 1 aromatic heterocycles. The van der Waals surface area contributed by atoms with Crippen LogP contribution in [0.2, 0.25) is 0 Å². The summed E-state index contributed by atoms with van der Waals surface area (Å²) in [7, 11) is 4.10. The maximum Gasteiger partial charge on any atom is 0.0968 e. The highest BCUT2D eigenvalue weighted by Crippen LogP contribution is 2.29. The van der Waals surface area contributed by atoms with Crippen LogP contribution in [0, 0.1) is 0 Å². The normalized spacial score (nSPS) is 10.6.